The van der Waals surface area contributed by atoms with Crippen molar-refractivity contribution in [3.05, 3.63) is 0 Å². The number of hydrogen-bond donors (Lipinski definition) is 2. The molecule has 0 aromatic heterocycles. The summed E-state index contributed by atoms with van der Waals surface area (Å²) in [6.07, 6.45) is 8.48. The van der Waals surface area contributed by atoms with Crippen LogP contribution in [-0.4, -0.2) is 49.1 Å². The molecule has 21 heavy (non-hydrogen) atoms. The van der Waals surface area contributed by atoms with Gasteiger partial charge >= 0.3 is 0 Å². The minimum absolute atomic E-state index is 0.237. The average molecular weight is 295 g/mol. The fourth-order valence-corrected chi connectivity index (χ4v) is 3.82. The fraction of sp³-hybridized carbons (Fsp3) is 0.941. The zero-order valence-electron chi connectivity index (χ0n) is 13.9. The van der Waals surface area contributed by atoms with Crippen LogP contribution >= 0.6 is 0 Å². The zero-order valence-corrected chi connectivity index (χ0v) is 13.9. The lowest BCUT2D eigenvalue weighted by Gasteiger charge is -2.35. The maximum atomic E-state index is 12.4. The van der Waals surface area contributed by atoms with E-state index in [9.17, 15) is 4.79 Å². The van der Waals surface area contributed by atoms with Crippen LogP contribution in [0.2, 0.25) is 0 Å². The van der Waals surface area contributed by atoms with Gasteiger partial charge in [0.05, 0.1) is 6.54 Å². The number of carbonyl (C=O) groups is 1. The molecule has 0 spiro atoms. The highest BCUT2D eigenvalue weighted by Gasteiger charge is 2.26. The van der Waals surface area contributed by atoms with Crippen molar-refractivity contribution in [1.29, 1.82) is 0 Å². The second kappa shape index (κ2) is 8.74. The molecule has 0 aromatic rings. The van der Waals surface area contributed by atoms with Crippen LogP contribution in [0, 0.1) is 5.92 Å². The summed E-state index contributed by atoms with van der Waals surface area (Å²) in [5.74, 6) is 0.877. The van der Waals surface area contributed by atoms with Gasteiger partial charge in [0, 0.05) is 12.1 Å². The summed E-state index contributed by atoms with van der Waals surface area (Å²) in [6.45, 7) is 8.29. The van der Waals surface area contributed by atoms with Crippen LogP contribution in [0.4, 0.5) is 0 Å². The van der Waals surface area contributed by atoms with Gasteiger partial charge in [-0.2, -0.15) is 0 Å². The van der Waals surface area contributed by atoms with Gasteiger partial charge in [-0.15, -0.1) is 0 Å². The molecule has 0 radical (unpaired) electrons. The molecule has 4 nitrogen and oxygen atoms in total. The van der Waals surface area contributed by atoms with Crippen LogP contribution < -0.4 is 10.6 Å². The van der Waals surface area contributed by atoms with Gasteiger partial charge in [-0.25, -0.2) is 0 Å². The second-order valence-corrected chi connectivity index (χ2v) is 6.89. The van der Waals surface area contributed by atoms with Crippen LogP contribution in [0.3, 0.4) is 0 Å². The summed E-state index contributed by atoms with van der Waals surface area (Å²) in [5, 5.41) is 6.71. The predicted octanol–water partition coefficient (Wildman–Crippen LogP) is 2.15. The van der Waals surface area contributed by atoms with E-state index in [1.54, 1.807) is 0 Å². The van der Waals surface area contributed by atoms with Crippen molar-refractivity contribution in [2.75, 3.05) is 26.2 Å². The standard InChI is InChI=1S/C17H33N3O/c1-3-12-20(15-8-10-18-11-9-15)13-17(21)19-16-7-5-4-6-14(16)2/h14-16,18H,3-13H2,1-2H3,(H,19,21). The Kier molecular flexibility index (Phi) is 6.97. The van der Waals surface area contributed by atoms with E-state index >= 15 is 0 Å². The Morgan fingerprint density at radius 2 is 1.90 bits per heavy atom. The second-order valence-electron chi connectivity index (χ2n) is 6.89. The number of nitrogens with one attached hydrogen (secondary N) is 2. The molecule has 0 bridgehead atoms. The normalized spacial score (nSPS) is 27.8. The van der Waals surface area contributed by atoms with E-state index in [0.29, 0.717) is 24.5 Å². The van der Waals surface area contributed by atoms with Gasteiger partial charge < -0.3 is 10.6 Å². The SMILES string of the molecule is CCCN(CC(=O)NC1CCCCC1C)C1CCNCC1. The molecular weight excluding hydrogens is 262 g/mol. The maximum absolute atomic E-state index is 12.4. The quantitative estimate of drug-likeness (QED) is 0.789. The van der Waals surface area contributed by atoms with E-state index < -0.39 is 0 Å². The van der Waals surface area contributed by atoms with E-state index in [2.05, 4.69) is 29.4 Å². The Labute approximate surface area is 130 Å². The molecule has 1 saturated heterocycles. The van der Waals surface area contributed by atoms with Crippen molar-refractivity contribution >= 4 is 5.91 Å². The Morgan fingerprint density at radius 3 is 2.57 bits per heavy atom. The van der Waals surface area contributed by atoms with Gasteiger partial charge in [0.15, 0.2) is 0 Å². The minimum atomic E-state index is 0.237. The molecular formula is C17H33N3O. The first-order chi connectivity index (χ1) is 10.2. The third kappa shape index (κ3) is 5.26. The number of hydrogen-bond acceptors (Lipinski definition) is 3. The molecule has 1 saturated carbocycles. The number of piperidine rings is 1. The first kappa shape index (κ1) is 16.8. The van der Waals surface area contributed by atoms with Crippen LogP contribution in [0.5, 0.6) is 0 Å². The third-order valence-electron chi connectivity index (χ3n) is 5.14. The van der Waals surface area contributed by atoms with Crippen molar-refractivity contribution in [3.63, 3.8) is 0 Å². The van der Waals surface area contributed by atoms with E-state index in [1.165, 1.54) is 32.1 Å². The summed E-state index contributed by atoms with van der Waals surface area (Å²) >= 11 is 0. The highest BCUT2D eigenvalue weighted by Crippen LogP contribution is 2.23. The summed E-state index contributed by atoms with van der Waals surface area (Å²) in [7, 11) is 0. The lowest BCUT2D eigenvalue weighted by molar-refractivity contribution is -0.124. The van der Waals surface area contributed by atoms with Gasteiger partial charge in [-0.3, -0.25) is 9.69 Å². The van der Waals surface area contributed by atoms with Gasteiger partial charge in [-0.1, -0.05) is 26.7 Å². The largest absolute Gasteiger partial charge is 0.352 e. The molecule has 2 rings (SSSR count). The van der Waals surface area contributed by atoms with E-state index in [4.69, 9.17) is 0 Å². The summed E-state index contributed by atoms with van der Waals surface area (Å²) in [4.78, 5) is 14.8. The highest BCUT2D eigenvalue weighted by molar-refractivity contribution is 5.78. The Bertz CT molecular complexity index is 315. The summed E-state index contributed by atoms with van der Waals surface area (Å²) in [6, 6.07) is 0.989. The molecule has 2 aliphatic rings. The van der Waals surface area contributed by atoms with E-state index in [0.717, 1.165) is 32.5 Å². The Hall–Kier alpha value is -0.610. The molecule has 1 aliphatic heterocycles. The third-order valence-corrected chi connectivity index (χ3v) is 5.14. The lowest BCUT2D eigenvalue weighted by atomic mass is 9.86. The van der Waals surface area contributed by atoms with Crippen LogP contribution in [-0.2, 0) is 4.79 Å². The van der Waals surface area contributed by atoms with Gasteiger partial charge in [0.2, 0.25) is 5.91 Å². The number of rotatable bonds is 6. The molecule has 122 valence electrons. The first-order valence-corrected chi connectivity index (χ1v) is 8.94. The topological polar surface area (TPSA) is 44.4 Å². The van der Waals surface area contributed by atoms with Gasteiger partial charge in [0.25, 0.3) is 0 Å². The summed E-state index contributed by atoms with van der Waals surface area (Å²) in [5.41, 5.74) is 0. The fourth-order valence-electron chi connectivity index (χ4n) is 3.82. The number of carbonyl (C=O) groups excluding carboxylic acids is 1. The van der Waals surface area contributed by atoms with Crippen molar-refractivity contribution in [2.24, 2.45) is 5.92 Å². The molecule has 0 aromatic carbocycles. The molecule has 1 heterocycles. The lowest BCUT2D eigenvalue weighted by Crippen LogP contribution is -2.50. The molecule has 4 heteroatoms. The molecule has 2 unspecified atom stereocenters. The number of nitrogens with zero attached hydrogens (tertiary/aromatic N) is 1. The van der Waals surface area contributed by atoms with Crippen molar-refractivity contribution < 1.29 is 4.79 Å². The molecule has 1 aliphatic carbocycles. The van der Waals surface area contributed by atoms with Gasteiger partial charge in [-0.05, 0) is 57.7 Å². The van der Waals surface area contributed by atoms with Crippen LogP contribution in [0.15, 0.2) is 0 Å². The van der Waals surface area contributed by atoms with E-state index in [-0.39, 0.29) is 5.91 Å². The Morgan fingerprint density at radius 1 is 1.19 bits per heavy atom. The number of amides is 1. The highest BCUT2D eigenvalue weighted by atomic mass is 16.2. The zero-order chi connectivity index (χ0) is 15.1. The Balaban J connectivity index is 1.82. The van der Waals surface area contributed by atoms with Gasteiger partial charge in [0.1, 0.15) is 0 Å². The molecule has 1 amide bonds. The first-order valence-electron chi connectivity index (χ1n) is 8.94. The molecule has 2 N–H and O–H groups in total. The van der Waals surface area contributed by atoms with E-state index in [1.807, 2.05) is 0 Å². The predicted molar refractivity (Wildman–Crippen MR) is 87.3 cm³/mol. The minimum Gasteiger partial charge on any atom is -0.352 e. The average Bonchev–Trinajstić information content (AvgIpc) is 2.50. The van der Waals surface area contributed by atoms with Crippen molar-refractivity contribution in [2.45, 2.75) is 70.9 Å². The van der Waals surface area contributed by atoms with Crippen LogP contribution in [0.1, 0.15) is 58.8 Å². The van der Waals surface area contributed by atoms with Crippen molar-refractivity contribution in [3.8, 4) is 0 Å². The molecule has 2 atom stereocenters. The van der Waals surface area contributed by atoms with Crippen LogP contribution in [0.25, 0.3) is 0 Å². The summed E-state index contributed by atoms with van der Waals surface area (Å²) < 4.78 is 0. The maximum Gasteiger partial charge on any atom is 0.234 e. The van der Waals surface area contributed by atoms with Crippen molar-refractivity contribution in [1.82, 2.24) is 15.5 Å². The smallest absolute Gasteiger partial charge is 0.234 e. The molecule has 2 fully saturated rings. The monoisotopic (exact) mass is 295 g/mol.